The largest absolute Gasteiger partial charge is 0.480 e. The zero-order chi connectivity index (χ0) is 15.4. The highest BCUT2D eigenvalue weighted by atomic mass is 16.4. The Morgan fingerprint density at radius 3 is 2.81 bits per heavy atom. The number of carboxylic acid groups (broad SMARTS) is 1. The van der Waals surface area contributed by atoms with Gasteiger partial charge in [-0.2, -0.15) is 0 Å². The molecule has 0 fully saturated rings. The van der Waals surface area contributed by atoms with E-state index in [4.69, 9.17) is 10.8 Å². The summed E-state index contributed by atoms with van der Waals surface area (Å²) in [7, 11) is 0. The fourth-order valence-electron chi connectivity index (χ4n) is 2.38. The van der Waals surface area contributed by atoms with Gasteiger partial charge in [0.15, 0.2) is 0 Å². The molecule has 1 unspecified atom stereocenters. The molecule has 0 aliphatic carbocycles. The van der Waals surface area contributed by atoms with E-state index in [1.54, 1.807) is 12.1 Å². The molecule has 2 rings (SSSR count). The predicted molar refractivity (Wildman–Crippen MR) is 74.6 cm³/mol. The first-order valence-corrected chi connectivity index (χ1v) is 6.62. The van der Waals surface area contributed by atoms with Crippen LogP contribution < -0.4 is 16.4 Å². The van der Waals surface area contributed by atoms with E-state index >= 15 is 0 Å². The van der Waals surface area contributed by atoms with Crippen molar-refractivity contribution in [3.8, 4) is 0 Å². The Bertz CT molecular complexity index is 586. The molecule has 0 aromatic heterocycles. The standard InChI is InChI=1S/C14H17N3O4/c15-12(18)6-11(14(20)21)17-13(19)10-3-1-2-8-7-16-5-4-9(8)10/h1-3,11,16H,4-7H2,(H2,15,18)(H,17,19)(H,20,21). The average molecular weight is 291 g/mol. The van der Waals surface area contributed by atoms with E-state index in [2.05, 4.69) is 10.6 Å². The third-order valence-electron chi connectivity index (χ3n) is 3.39. The zero-order valence-corrected chi connectivity index (χ0v) is 11.4. The van der Waals surface area contributed by atoms with E-state index < -0.39 is 30.2 Å². The molecular formula is C14H17N3O4. The molecule has 0 saturated carbocycles. The number of amides is 2. The number of aliphatic carboxylic acids is 1. The molecule has 1 atom stereocenters. The van der Waals surface area contributed by atoms with Gasteiger partial charge >= 0.3 is 5.97 Å². The summed E-state index contributed by atoms with van der Waals surface area (Å²) in [4.78, 5) is 34.2. The monoisotopic (exact) mass is 291 g/mol. The Hall–Kier alpha value is -2.41. The van der Waals surface area contributed by atoms with Crippen molar-refractivity contribution in [1.82, 2.24) is 10.6 Å². The Labute approximate surface area is 121 Å². The second-order valence-corrected chi connectivity index (χ2v) is 4.90. The first kappa shape index (κ1) is 15.0. The first-order valence-electron chi connectivity index (χ1n) is 6.62. The number of nitrogens with one attached hydrogen (secondary N) is 2. The lowest BCUT2D eigenvalue weighted by Crippen LogP contribution is -2.43. The van der Waals surface area contributed by atoms with Crippen LogP contribution in [0.15, 0.2) is 18.2 Å². The summed E-state index contributed by atoms with van der Waals surface area (Å²) in [6, 6.07) is 4.02. The fraction of sp³-hybridized carbons (Fsp3) is 0.357. The van der Waals surface area contributed by atoms with E-state index in [0.717, 1.165) is 17.7 Å². The number of primary amides is 1. The maximum Gasteiger partial charge on any atom is 0.326 e. The molecule has 5 N–H and O–H groups in total. The molecule has 0 bridgehead atoms. The van der Waals surface area contributed by atoms with Gasteiger partial charge in [-0.25, -0.2) is 4.79 Å². The van der Waals surface area contributed by atoms with E-state index in [1.807, 2.05) is 6.07 Å². The Kier molecular flexibility index (Phi) is 4.54. The van der Waals surface area contributed by atoms with Gasteiger partial charge in [-0.3, -0.25) is 9.59 Å². The lowest BCUT2D eigenvalue weighted by molar-refractivity contribution is -0.140. The zero-order valence-electron chi connectivity index (χ0n) is 11.4. The molecule has 0 spiro atoms. The highest BCUT2D eigenvalue weighted by Crippen LogP contribution is 2.18. The van der Waals surface area contributed by atoms with Crippen molar-refractivity contribution in [3.63, 3.8) is 0 Å². The molecule has 1 aromatic rings. The molecule has 2 amide bonds. The average Bonchev–Trinajstić information content (AvgIpc) is 2.45. The minimum Gasteiger partial charge on any atom is -0.480 e. The van der Waals surface area contributed by atoms with Gasteiger partial charge < -0.3 is 21.5 Å². The van der Waals surface area contributed by atoms with E-state index in [1.165, 1.54) is 0 Å². The topological polar surface area (TPSA) is 122 Å². The molecule has 0 saturated heterocycles. The van der Waals surface area contributed by atoms with Gasteiger partial charge in [-0.15, -0.1) is 0 Å². The summed E-state index contributed by atoms with van der Waals surface area (Å²) >= 11 is 0. The number of nitrogens with two attached hydrogens (primary N) is 1. The predicted octanol–water partition coefficient (Wildman–Crippen LogP) is -0.609. The second-order valence-electron chi connectivity index (χ2n) is 4.90. The van der Waals surface area contributed by atoms with Crippen LogP contribution in [0.3, 0.4) is 0 Å². The lowest BCUT2D eigenvalue weighted by Gasteiger charge is -2.21. The Morgan fingerprint density at radius 1 is 1.38 bits per heavy atom. The van der Waals surface area contributed by atoms with E-state index in [0.29, 0.717) is 18.5 Å². The highest BCUT2D eigenvalue weighted by Gasteiger charge is 2.24. The second kappa shape index (κ2) is 6.36. The van der Waals surface area contributed by atoms with Crippen LogP contribution in [0.25, 0.3) is 0 Å². The van der Waals surface area contributed by atoms with Crippen molar-refractivity contribution in [2.45, 2.75) is 25.4 Å². The maximum atomic E-state index is 12.3. The fourth-order valence-corrected chi connectivity index (χ4v) is 2.38. The summed E-state index contributed by atoms with van der Waals surface area (Å²) in [6.45, 7) is 1.45. The molecule has 0 radical (unpaired) electrons. The van der Waals surface area contributed by atoms with Crippen LogP contribution in [0, 0.1) is 0 Å². The quantitative estimate of drug-likeness (QED) is 0.576. The van der Waals surface area contributed by atoms with Crippen LogP contribution >= 0.6 is 0 Å². The summed E-state index contributed by atoms with van der Waals surface area (Å²) in [5, 5.41) is 14.6. The van der Waals surface area contributed by atoms with Gasteiger partial charge in [0, 0.05) is 12.1 Å². The number of fused-ring (bicyclic) bond motifs is 1. The summed E-state index contributed by atoms with van der Waals surface area (Å²) < 4.78 is 0. The molecule has 21 heavy (non-hydrogen) atoms. The Balaban J connectivity index is 2.20. The number of hydrogen-bond acceptors (Lipinski definition) is 4. The Morgan fingerprint density at radius 2 is 2.14 bits per heavy atom. The van der Waals surface area contributed by atoms with Gasteiger partial charge in [0.2, 0.25) is 5.91 Å². The first-order chi connectivity index (χ1) is 9.99. The summed E-state index contributed by atoms with van der Waals surface area (Å²) in [6.07, 6.45) is 0.268. The van der Waals surface area contributed by atoms with Gasteiger partial charge in [0.25, 0.3) is 5.91 Å². The van der Waals surface area contributed by atoms with Crippen molar-refractivity contribution in [1.29, 1.82) is 0 Å². The number of benzene rings is 1. The third kappa shape index (κ3) is 3.57. The van der Waals surface area contributed by atoms with Gasteiger partial charge in [-0.05, 0) is 30.2 Å². The molecular weight excluding hydrogens is 274 g/mol. The van der Waals surface area contributed by atoms with Crippen LogP contribution in [0.5, 0.6) is 0 Å². The highest BCUT2D eigenvalue weighted by molar-refractivity contribution is 5.99. The van der Waals surface area contributed by atoms with Crippen LogP contribution in [-0.2, 0) is 22.6 Å². The molecule has 1 aromatic carbocycles. The van der Waals surface area contributed by atoms with Crippen LogP contribution in [0.1, 0.15) is 27.9 Å². The van der Waals surface area contributed by atoms with Crippen molar-refractivity contribution in [2.24, 2.45) is 5.73 Å². The number of carboxylic acids is 1. The molecule has 1 heterocycles. The van der Waals surface area contributed by atoms with Crippen molar-refractivity contribution in [3.05, 3.63) is 34.9 Å². The molecule has 7 heteroatoms. The number of hydrogen-bond donors (Lipinski definition) is 4. The van der Waals surface area contributed by atoms with Crippen molar-refractivity contribution >= 4 is 17.8 Å². The van der Waals surface area contributed by atoms with Gasteiger partial charge in [-0.1, -0.05) is 12.1 Å². The molecule has 7 nitrogen and oxygen atoms in total. The number of carbonyl (C=O) groups is 3. The number of rotatable bonds is 5. The summed E-state index contributed by atoms with van der Waals surface area (Å²) in [5.74, 6) is -2.56. The van der Waals surface area contributed by atoms with E-state index in [-0.39, 0.29) is 0 Å². The minimum absolute atomic E-state index is 0.433. The van der Waals surface area contributed by atoms with Gasteiger partial charge in [0.1, 0.15) is 6.04 Å². The smallest absolute Gasteiger partial charge is 0.326 e. The van der Waals surface area contributed by atoms with Crippen molar-refractivity contribution < 1.29 is 19.5 Å². The molecule has 112 valence electrons. The van der Waals surface area contributed by atoms with Gasteiger partial charge in [0.05, 0.1) is 6.42 Å². The lowest BCUT2D eigenvalue weighted by atomic mass is 9.95. The van der Waals surface area contributed by atoms with Crippen LogP contribution in [-0.4, -0.2) is 35.5 Å². The number of carbonyl (C=O) groups excluding carboxylic acids is 2. The minimum atomic E-state index is -1.31. The third-order valence-corrected chi connectivity index (χ3v) is 3.39. The molecule has 1 aliphatic heterocycles. The van der Waals surface area contributed by atoms with Crippen LogP contribution in [0.4, 0.5) is 0 Å². The summed E-state index contributed by atoms with van der Waals surface area (Å²) in [5.41, 5.74) is 7.38. The normalized spacial score (nSPS) is 14.9. The van der Waals surface area contributed by atoms with Crippen molar-refractivity contribution in [2.75, 3.05) is 6.54 Å². The van der Waals surface area contributed by atoms with E-state index in [9.17, 15) is 14.4 Å². The van der Waals surface area contributed by atoms with Crippen LogP contribution in [0.2, 0.25) is 0 Å². The molecule has 1 aliphatic rings. The maximum absolute atomic E-state index is 12.3. The SMILES string of the molecule is NC(=O)CC(NC(=O)c1cccc2c1CCNC2)C(=O)O.